The van der Waals surface area contributed by atoms with Gasteiger partial charge in [-0.05, 0) is 23.1 Å². The van der Waals surface area contributed by atoms with E-state index < -0.39 is 5.97 Å². The number of carboxylic acid groups (broad SMARTS) is 1. The van der Waals surface area contributed by atoms with Crippen LogP contribution in [0.4, 0.5) is 0 Å². The molecule has 0 saturated heterocycles. The van der Waals surface area contributed by atoms with Gasteiger partial charge < -0.3 is 9.84 Å². The number of methoxy groups -OCH3 is 1. The molecular weight excluding hydrogens is 216 g/mol. The van der Waals surface area contributed by atoms with Crippen molar-refractivity contribution in [2.45, 2.75) is 26.2 Å². The van der Waals surface area contributed by atoms with E-state index in [-0.39, 0.29) is 5.57 Å². The van der Waals surface area contributed by atoms with Crippen molar-refractivity contribution in [2.24, 2.45) is 0 Å². The summed E-state index contributed by atoms with van der Waals surface area (Å²) >= 11 is 0. The summed E-state index contributed by atoms with van der Waals surface area (Å²) in [6.45, 7) is 7.73. The van der Waals surface area contributed by atoms with Gasteiger partial charge >= 0.3 is 5.97 Å². The van der Waals surface area contributed by atoms with Crippen LogP contribution in [0.3, 0.4) is 0 Å². The molecule has 0 fully saturated rings. The molecule has 0 atom stereocenters. The normalized spacial score (nSPS) is 10.4. The molecule has 0 amide bonds. The zero-order valence-corrected chi connectivity index (χ0v) is 10.5. The Kier molecular flexibility index (Phi) is 4.32. The molecule has 1 aromatic carbocycles. The summed E-state index contributed by atoms with van der Waals surface area (Å²) < 4.78 is 5.23. The Morgan fingerprint density at radius 3 is 2.59 bits per heavy atom. The molecule has 1 rings (SSSR count). The number of benzene rings is 1. The van der Waals surface area contributed by atoms with Gasteiger partial charge in [0.1, 0.15) is 5.75 Å². The smallest absolute Gasteiger partial charge is 0.331 e. The molecule has 0 radical (unpaired) electrons. The average Bonchev–Trinajstić information content (AvgIpc) is 2.28. The van der Waals surface area contributed by atoms with Crippen molar-refractivity contribution < 1.29 is 14.6 Å². The van der Waals surface area contributed by atoms with Gasteiger partial charge in [0, 0.05) is 12.0 Å². The Labute approximate surface area is 102 Å². The van der Waals surface area contributed by atoms with Gasteiger partial charge in [-0.3, -0.25) is 0 Å². The highest BCUT2D eigenvalue weighted by Crippen LogP contribution is 2.25. The van der Waals surface area contributed by atoms with Gasteiger partial charge in [0.15, 0.2) is 0 Å². The van der Waals surface area contributed by atoms with Gasteiger partial charge in [0.2, 0.25) is 0 Å². The number of aliphatic carboxylic acids is 1. The fourth-order valence-corrected chi connectivity index (χ4v) is 1.60. The predicted molar refractivity (Wildman–Crippen MR) is 67.6 cm³/mol. The first-order valence-electron chi connectivity index (χ1n) is 5.53. The lowest BCUT2D eigenvalue weighted by molar-refractivity contribution is -0.132. The summed E-state index contributed by atoms with van der Waals surface area (Å²) in [5, 5.41) is 8.85. The molecule has 92 valence electrons. The number of ether oxygens (including phenoxy) is 1. The van der Waals surface area contributed by atoms with Crippen molar-refractivity contribution in [1.82, 2.24) is 0 Å². The molecule has 0 saturated carbocycles. The van der Waals surface area contributed by atoms with E-state index >= 15 is 0 Å². The van der Waals surface area contributed by atoms with E-state index in [4.69, 9.17) is 9.84 Å². The molecule has 0 heterocycles. The average molecular weight is 234 g/mol. The maximum atomic E-state index is 10.8. The number of hydrogen-bond acceptors (Lipinski definition) is 2. The van der Waals surface area contributed by atoms with Crippen LogP contribution < -0.4 is 4.74 Å². The maximum Gasteiger partial charge on any atom is 0.331 e. The van der Waals surface area contributed by atoms with E-state index in [0.717, 1.165) is 5.56 Å². The molecule has 17 heavy (non-hydrogen) atoms. The minimum absolute atomic E-state index is 0.171. The van der Waals surface area contributed by atoms with Crippen molar-refractivity contribution in [3.05, 3.63) is 41.5 Å². The molecule has 1 aromatic rings. The number of carbonyl (C=O) groups is 1. The molecular formula is C14H18O3. The Hall–Kier alpha value is -1.77. The highest BCUT2D eigenvalue weighted by atomic mass is 16.5. The van der Waals surface area contributed by atoms with E-state index in [1.54, 1.807) is 7.11 Å². The highest BCUT2D eigenvalue weighted by Gasteiger charge is 2.11. The van der Waals surface area contributed by atoms with Crippen molar-refractivity contribution in [3.63, 3.8) is 0 Å². The second kappa shape index (κ2) is 5.53. The van der Waals surface area contributed by atoms with E-state index in [1.165, 1.54) is 5.56 Å². The van der Waals surface area contributed by atoms with Crippen LogP contribution in [0.25, 0.3) is 0 Å². The fraction of sp³-hybridized carbons (Fsp3) is 0.357. The lowest BCUT2D eigenvalue weighted by Crippen LogP contribution is -2.04. The van der Waals surface area contributed by atoms with Crippen molar-refractivity contribution in [1.29, 1.82) is 0 Å². The second-order valence-electron chi connectivity index (χ2n) is 4.31. The molecule has 0 spiro atoms. The minimum Gasteiger partial charge on any atom is -0.496 e. The quantitative estimate of drug-likeness (QED) is 0.797. The summed E-state index contributed by atoms with van der Waals surface area (Å²) in [7, 11) is 1.58. The summed E-state index contributed by atoms with van der Waals surface area (Å²) in [6, 6.07) is 5.86. The molecule has 0 bridgehead atoms. The molecule has 1 N–H and O–H groups in total. The zero-order valence-electron chi connectivity index (χ0n) is 10.5. The van der Waals surface area contributed by atoms with Gasteiger partial charge in [0.25, 0.3) is 0 Å². The van der Waals surface area contributed by atoms with Crippen LogP contribution in [0.1, 0.15) is 30.9 Å². The van der Waals surface area contributed by atoms with Crippen LogP contribution in [-0.4, -0.2) is 18.2 Å². The molecule has 3 heteroatoms. The van der Waals surface area contributed by atoms with Crippen molar-refractivity contribution >= 4 is 5.97 Å². The molecule has 0 aliphatic rings. The second-order valence-corrected chi connectivity index (χ2v) is 4.31. The topological polar surface area (TPSA) is 46.5 Å². The van der Waals surface area contributed by atoms with Gasteiger partial charge in [-0.25, -0.2) is 4.79 Å². The Morgan fingerprint density at radius 1 is 1.47 bits per heavy atom. The maximum absolute atomic E-state index is 10.8. The van der Waals surface area contributed by atoms with E-state index in [0.29, 0.717) is 18.1 Å². The first-order chi connectivity index (χ1) is 7.95. The van der Waals surface area contributed by atoms with E-state index in [9.17, 15) is 4.79 Å². The number of hydrogen-bond donors (Lipinski definition) is 1. The summed E-state index contributed by atoms with van der Waals surface area (Å²) in [6.07, 6.45) is 0.305. The Morgan fingerprint density at radius 2 is 2.12 bits per heavy atom. The van der Waals surface area contributed by atoms with Crippen LogP contribution >= 0.6 is 0 Å². The van der Waals surface area contributed by atoms with Crippen LogP contribution in [0, 0.1) is 0 Å². The molecule has 0 unspecified atom stereocenters. The fourth-order valence-electron chi connectivity index (χ4n) is 1.60. The van der Waals surface area contributed by atoms with Gasteiger partial charge in [-0.15, -0.1) is 0 Å². The van der Waals surface area contributed by atoms with Gasteiger partial charge in [0.05, 0.1) is 7.11 Å². The van der Waals surface area contributed by atoms with Crippen molar-refractivity contribution in [2.75, 3.05) is 7.11 Å². The SMILES string of the molecule is C=C(Cc1cc(C(C)C)ccc1OC)C(=O)O. The lowest BCUT2D eigenvalue weighted by Gasteiger charge is -2.12. The van der Waals surface area contributed by atoms with Crippen LogP contribution in [0.15, 0.2) is 30.4 Å². The van der Waals surface area contributed by atoms with Crippen LogP contribution in [-0.2, 0) is 11.2 Å². The third-order valence-electron chi connectivity index (χ3n) is 2.68. The third kappa shape index (κ3) is 3.34. The predicted octanol–water partition coefficient (Wildman–Crippen LogP) is 3.00. The van der Waals surface area contributed by atoms with Crippen LogP contribution in [0.2, 0.25) is 0 Å². The highest BCUT2D eigenvalue weighted by molar-refractivity contribution is 5.86. The zero-order chi connectivity index (χ0) is 13.0. The molecule has 3 nitrogen and oxygen atoms in total. The first-order valence-corrected chi connectivity index (χ1v) is 5.53. The molecule has 0 aliphatic carbocycles. The summed E-state index contributed by atoms with van der Waals surface area (Å²) in [5.41, 5.74) is 2.20. The summed E-state index contributed by atoms with van der Waals surface area (Å²) in [4.78, 5) is 10.8. The number of rotatable bonds is 5. The monoisotopic (exact) mass is 234 g/mol. The van der Waals surface area contributed by atoms with E-state index in [2.05, 4.69) is 20.4 Å². The van der Waals surface area contributed by atoms with E-state index in [1.807, 2.05) is 18.2 Å². The van der Waals surface area contributed by atoms with Gasteiger partial charge in [-0.2, -0.15) is 0 Å². The van der Waals surface area contributed by atoms with Gasteiger partial charge in [-0.1, -0.05) is 32.6 Å². The number of carboxylic acids is 1. The Bertz CT molecular complexity index is 433. The largest absolute Gasteiger partial charge is 0.496 e. The van der Waals surface area contributed by atoms with Crippen molar-refractivity contribution in [3.8, 4) is 5.75 Å². The lowest BCUT2D eigenvalue weighted by atomic mass is 9.97. The minimum atomic E-state index is -0.970. The first kappa shape index (κ1) is 13.3. The third-order valence-corrected chi connectivity index (χ3v) is 2.68. The molecule has 0 aliphatic heterocycles. The van der Waals surface area contributed by atoms with Crippen LogP contribution in [0.5, 0.6) is 5.75 Å². The Balaban J connectivity index is 3.06. The summed E-state index contributed by atoms with van der Waals surface area (Å²) in [5.74, 6) is 0.136. The molecule has 0 aromatic heterocycles. The standard InChI is InChI=1S/C14H18O3/c1-9(2)11-5-6-13(17-4)12(8-11)7-10(3)14(15)16/h5-6,8-9H,3,7H2,1-2,4H3,(H,15,16).